The minimum absolute atomic E-state index is 0.229. The van der Waals surface area contributed by atoms with Gasteiger partial charge >= 0.3 is 16.4 Å². The standard InChI is InChI=1S/C14H13Cl2F3N6O2S/c1-23(2)28(26,27)24(3)12-10(6-20)22-25(13(12)21)11-8(15)4-7(5-9(11)16)14(17,18)19/h4-5H,21H2,1-3H3. The van der Waals surface area contributed by atoms with Crippen LogP contribution >= 0.6 is 23.2 Å². The quantitative estimate of drug-likeness (QED) is 0.760. The van der Waals surface area contributed by atoms with E-state index in [4.69, 9.17) is 28.9 Å². The van der Waals surface area contributed by atoms with Crippen molar-refractivity contribution < 1.29 is 21.6 Å². The molecule has 28 heavy (non-hydrogen) atoms. The Bertz CT molecular complexity index is 1050. The van der Waals surface area contributed by atoms with E-state index in [1.54, 1.807) is 6.07 Å². The third kappa shape index (κ3) is 3.70. The molecule has 0 fully saturated rings. The number of rotatable bonds is 4. The Labute approximate surface area is 168 Å². The topological polar surface area (TPSA) is 108 Å². The Hall–Kier alpha value is -2.20. The molecule has 1 aromatic heterocycles. The van der Waals surface area contributed by atoms with E-state index >= 15 is 0 Å². The van der Waals surface area contributed by atoms with E-state index in [2.05, 4.69) is 5.10 Å². The smallest absolute Gasteiger partial charge is 0.382 e. The molecule has 0 spiro atoms. The third-order valence-corrected chi connectivity index (χ3v) is 6.05. The molecule has 152 valence electrons. The molecule has 0 aliphatic rings. The molecule has 14 heteroatoms. The highest BCUT2D eigenvalue weighted by Crippen LogP contribution is 2.40. The minimum Gasteiger partial charge on any atom is -0.382 e. The van der Waals surface area contributed by atoms with Crippen molar-refractivity contribution in [3.63, 3.8) is 0 Å². The summed E-state index contributed by atoms with van der Waals surface area (Å²) >= 11 is 11.9. The second kappa shape index (κ2) is 7.32. The summed E-state index contributed by atoms with van der Waals surface area (Å²) in [6.07, 6.45) is -4.69. The van der Waals surface area contributed by atoms with E-state index in [0.29, 0.717) is 12.1 Å². The first-order valence-corrected chi connectivity index (χ1v) is 9.40. The summed E-state index contributed by atoms with van der Waals surface area (Å²) in [6.45, 7) is 0. The second-order valence-electron chi connectivity index (χ2n) is 5.65. The van der Waals surface area contributed by atoms with Crippen LogP contribution in [0.2, 0.25) is 10.0 Å². The van der Waals surface area contributed by atoms with E-state index < -0.39 is 37.7 Å². The number of nitriles is 1. The van der Waals surface area contributed by atoms with Crippen molar-refractivity contribution in [2.75, 3.05) is 31.2 Å². The molecule has 2 N–H and O–H groups in total. The summed E-state index contributed by atoms with van der Waals surface area (Å²) < 4.78 is 65.9. The predicted molar refractivity (Wildman–Crippen MR) is 98.7 cm³/mol. The van der Waals surface area contributed by atoms with Gasteiger partial charge in [-0.25, -0.2) is 4.68 Å². The molecule has 0 atom stereocenters. The number of nitrogen functional groups attached to an aromatic ring is 1. The minimum atomic E-state index is -4.69. The lowest BCUT2D eigenvalue weighted by molar-refractivity contribution is -0.137. The molecule has 0 aliphatic carbocycles. The van der Waals surface area contributed by atoms with Gasteiger partial charge in [-0.1, -0.05) is 23.2 Å². The molecule has 0 amide bonds. The number of benzene rings is 1. The number of anilines is 2. The van der Waals surface area contributed by atoms with Crippen molar-refractivity contribution in [3.05, 3.63) is 33.4 Å². The highest BCUT2D eigenvalue weighted by molar-refractivity contribution is 7.90. The predicted octanol–water partition coefficient (Wildman–Crippen LogP) is 2.89. The Morgan fingerprint density at radius 3 is 2.11 bits per heavy atom. The zero-order valence-corrected chi connectivity index (χ0v) is 16.9. The number of hydrogen-bond donors (Lipinski definition) is 1. The largest absolute Gasteiger partial charge is 0.416 e. The highest BCUT2D eigenvalue weighted by Gasteiger charge is 2.34. The van der Waals surface area contributed by atoms with Crippen LogP contribution in [0.3, 0.4) is 0 Å². The van der Waals surface area contributed by atoms with E-state index in [9.17, 15) is 26.9 Å². The van der Waals surface area contributed by atoms with Gasteiger partial charge in [0.05, 0.1) is 15.6 Å². The van der Waals surface area contributed by atoms with Crippen molar-refractivity contribution >= 4 is 44.9 Å². The Kier molecular flexibility index (Phi) is 5.78. The Balaban J connectivity index is 2.75. The van der Waals surface area contributed by atoms with Crippen molar-refractivity contribution in [1.82, 2.24) is 14.1 Å². The van der Waals surface area contributed by atoms with Gasteiger partial charge in [0.25, 0.3) is 0 Å². The lowest BCUT2D eigenvalue weighted by atomic mass is 10.2. The molecule has 2 aromatic rings. The highest BCUT2D eigenvalue weighted by atomic mass is 35.5. The normalized spacial score (nSPS) is 12.3. The number of hydrogen-bond acceptors (Lipinski definition) is 5. The van der Waals surface area contributed by atoms with Gasteiger partial charge in [0.15, 0.2) is 11.5 Å². The summed E-state index contributed by atoms with van der Waals surface area (Å²) in [5.74, 6) is -0.354. The summed E-state index contributed by atoms with van der Waals surface area (Å²) in [4.78, 5) is 0. The van der Waals surface area contributed by atoms with Crippen LogP contribution in [0, 0.1) is 11.3 Å². The summed E-state index contributed by atoms with van der Waals surface area (Å²) in [6, 6.07) is 2.93. The van der Waals surface area contributed by atoms with Gasteiger partial charge in [-0.2, -0.15) is 36.3 Å². The van der Waals surface area contributed by atoms with Crippen LogP contribution in [0.25, 0.3) is 5.69 Å². The van der Waals surface area contributed by atoms with Gasteiger partial charge in [0, 0.05) is 21.1 Å². The van der Waals surface area contributed by atoms with Crippen molar-refractivity contribution in [2.45, 2.75) is 6.18 Å². The van der Waals surface area contributed by atoms with Crippen molar-refractivity contribution in [2.24, 2.45) is 0 Å². The van der Waals surface area contributed by atoms with Crippen LogP contribution in [0.1, 0.15) is 11.3 Å². The average molecular weight is 457 g/mol. The zero-order valence-electron chi connectivity index (χ0n) is 14.6. The molecule has 0 radical (unpaired) electrons. The number of nitrogens with two attached hydrogens (primary N) is 1. The maximum Gasteiger partial charge on any atom is 0.416 e. The third-order valence-electron chi connectivity index (χ3n) is 3.68. The lowest BCUT2D eigenvalue weighted by Gasteiger charge is -2.22. The van der Waals surface area contributed by atoms with Gasteiger partial charge in [0.2, 0.25) is 0 Å². The molecule has 0 saturated carbocycles. The first kappa shape index (κ1) is 22.1. The van der Waals surface area contributed by atoms with Gasteiger partial charge in [-0.15, -0.1) is 0 Å². The van der Waals surface area contributed by atoms with Gasteiger partial charge in [-0.3, -0.25) is 4.31 Å². The fourth-order valence-electron chi connectivity index (χ4n) is 2.27. The van der Waals surface area contributed by atoms with Crippen LogP contribution < -0.4 is 10.0 Å². The van der Waals surface area contributed by atoms with Gasteiger partial charge < -0.3 is 5.73 Å². The number of alkyl halides is 3. The van der Waals surface area contributed by atoms with Crippen molar-refractivity contribution in [3.8, 4) is 11.8 Å². The molecule has 0 saturated heterocycles. The molecule has 8 nitrogen and oxygen atoms in total. The SMILES string of the molecule is CN(C)S(=O)(=O)N(C)c1c(C#N)nn(-c2c(Cl)cc(C(F)(F)F)cc2Cl)c1N. The first-order valence-electron chi connectivity index (χ1n) is 7.25. The lowest BCUT2D eigenvalue weighted by Crippen LogP contribution is -2.38. The zero-order chi connectivity index (χ0) is 21.6. The summed E-state index contributed by atoms with van der Waals surface area (Å²) in [7, 11) is -0.358. The van der Waals surface area contributed by atoms with E-state index in [-0.39, 0.29) is 17.2 Å². The van der Waals surface area contributed by atoms with Crippen LogP contribution in [-0.2, 0) is 16.4 Å². The maximum atomic E-state index is 12.9. The number of nitrogens with zero attached hydrogens (tertiary/aromatic N) is 5. The van der Waals surface area contributed by atoms with Gasteiger partial charge in [0.1, 0.15) is 17.4 Å². The molecular weight excluding hydrogens is 444 g/mol. The molecule has 0 bridgehead atoms. The summed E-state index contributed by atoms with van der Waals surface area (Å²) in [5, 5.41) is 12.3. The average Bonchev–Trinajstić information content (AvgIpc) is 2.88. The monoisotopic (exact) mass is 456 g/mol. The molecule has 1 aromatic carbocycles. The van der Waals surface area contributed by atoms with E-state index in [0.717, 1.165) is 20.3 Å². The molecule has 0 aliphatic heterocycles. The fourth-order valence-corrected chi connectivity index (χ4v) is 3.82. The van der Waals surface area contributed by atoms with Crippen LogP contribution in [-0.4, -0.2) is 43.6 Å². The molecule has 0 unspecified atom stereocenters. The van der Waals surface area contributed by atoms with Crippen LogP contribution in [0.15, 0.2) is 12.1 Å². The van der Waals surface area contributed by atoms with Gasteiger partial charge in [-0.05, 0) is 12.1 Å². The Morgan fingerprint density at radius 2 is 1.71 bits per heavy atom. The maximum absolute atomic E-state index is 12.9. The first-order chi connectivity index (χ1) is 12.7. The number of aromatic nitrogens is 2. The van der Waals surface area contributed by atoms with Crippen LogP contribution in [0.5, 0.6) is 0 Å². The number of halogens is 5. The molecule has 2 rings (SSSR count). The second-order valence-corrected chi connectivity index (χ2v) is 8.64. The van der Waals surface area contributed by atoms with Crippen LogP contribution in [0.4, 0.5) is 24.7 Å². The molecular formula is C14H13Cl2F3N6O2S. The van der Waals surface area contributed by atoms with Crippen molar-refractivity contribution in [1.29, 1.82) is 5.26 Å². The summed E-state index contributed by atoms with van der Waals surface area (Å²) in [5.41, 5.74) is 3.97. The van der Waals surface area contributed by atoms with E-state index in [1.165, 1.54) is 14.1 Å². The molecule has 1 heterocycles. The van der Waals surface area contributed by atoms with E-state index in [1.807, 2.05) is 0 Å². The Morgan fingerprint density at radius 1 is 1.21 bits per heavy atom. The fraction of sp³-hybridized carbons (Fsp3) is 0.286.